The monoisotopic (exact) mass is 550 g/mol. The molecule has 0 radical (unpaired) electrons. The number of nitrogens with zero attached hydrogens (tertiary/aromatic N) is 3. The van der Waals surface area contributed by atoms with E-state index in [1.165, 1.54) is 11.8 Å². The first-order valence-corrected chi connectivity index (χ1v) is 12.3. The van der Waals surface area contributed by atoms with Gasteiger partial charge in [-0.2, -0.15) is 0 Å². The molecule has 0 aliphatic carbocycles. The van der Waals surface area contributed by atoms with Gasteiger partial charge in [0, 0.05) is 29.7 Å². The van der Waals surface area contributed by atoms with Gasteiger partial charge in [0.15, 0.2) is 5.16 Å². The van der Waals surface area contributed by atoms with Gasteiger partial charge >= 0.3 is 0 Å². The van der Waals surface area contributed by atoms with E-state index in [0.717, 1.165) is 22.5 Å². The maximum atomic E-state index is 12.4. The molecule has 174 valence electrons. The van der Waals surface area contributed by atoms with E-state index < -0.39 is 0 Å². The van der Waals surface area contributed by atoms with Gasteiger partial charge in [0.1, 0.15) is 17.3 Å². The highest BCUT2D eigenvalue weighted by atomic mass is 79.9. The van der Waals surface area contributed by atoms with Gasteiger partial charge in [-0.15, -0.1) is 16.8 Å². The number of allylic oxidation sites excluding steroid dienone is 1. The van der Waals surface area contributed by atoms with Crippen LogP contribution >= 0.6 is 39.3 Å². The summed E-state index contributed by atoms with van der Waals surface area (Å²) in [6, 6.07) is 12.6. The van der Waals surface area contributed by atoms with Crippen LogP contribution < -0.4 is 14.8 Å². The molecular formula is C23H24BrClN4O3S. The van der Waals surface area contributed by atoms with Crippen LogP contribution in [0.1, 0.15) is 12.2 Å². The number of benzene rings is 2. The Hall–Kier alpha value is -2.49. The number of aromatic nitrogens is 3. The predicted octanol–water partition coefficient (Wildman–Crippen LogP) is 5.63. The lowest BCUT2D eigenvalue weighted by Gasteiger charge is -2.10. The summed E-state index contributed by atoms with van der Waals surface area (Å²) in [4.78, 5) is 12.4. The number of rotatable bonds is 12. The zero-order valence-electron chi connectivity index (χ0n) is 18.1. The fourth-order valence-corrected chi connectivity index (χ4v) is 4.52. The van der Waals surface area contributed by atoms with Crippen molar-refractivity contribution in [2.75, 3.05) is 24.8 Å². The van der Waals surface area contributed by atoms with Gasteiger partial charge in [-0.3, -0.25) is 4.79 Å². The number of thioether (sulfide) groups is 1. The molecule has 0 aliphatic rings. The van der Waals surface area contributed by atoms with Crippen molar-refractivity contribution in [1.29, 1.82) is 0 Å². The quantitative estimate of drug-likeness (QED) is 0.179. The summed E-state index contributed by atoms with van der Waals surface area (Å²) >= 11 is 10.7. The predicted molar refractivity (Wildman–Crippen MR) is 136 cm³/mol. The first kappa shape index (κ1) is 25.1. The van der Waals surface area contributed by atoms with Crippen molar-refractivity contribution < 1.29 is 14.3 Å². The van der Waals surface area contributed by atoms with Gasteiger partial charge in [-0.25, -0.2) is 0 Å². The minimum atomic E-state index is -0.134. The summed E-state index contributed by atoms with van der Waals surface area (Å²) in [5, 5.41) is 12.8. The van der Waals surface area contributed by atoms with Crippen molar-refractivity contribution in [3.05, 3.63) is 70.4 Å². The lowest BCUT2D eigenvalue weighted by atomic mass is 10.3. The Labute approximate surface area is 210 Å². The fourth-order valence-electron chi connectivity index (χ4n) is 2.96. The molecule has 1 amide bonds. The number of nitrogens with one attached hydrogen (secondary N) is 1. The number of hydrogen-bond acceptors (Lipinski definition) is 6. The Morgan fingerprint density at radius 1 is 1.30 bits per heavy atom. The van der Waals surface area contributed by atoms with Crippen LogP contribution in [-0.2, 0) is 17.8 Å². The van der Waals surface area contributed by atoms with Crippen molar-refractivity contribution in [1.82, 2.24) is 14.8 Å². The molecule has 3 rings (SSSR count). The van der Waals surface area contributed by atoms with E-state index in [1.54, 1.807) is 31.4 Å². The van der Waals surface area contributed by atoms with Gasteiger partial charge < -0.3 is 19.4 Å². The molecule has 0 fully saturated rings. The summed E-state index contributed by atoms with van der Waals surface area (Å²) in [6.45, 7) is 4.90. The maximum Gasteiger partial charge on any atom is 0.234 e. The van der Waals surface area contributed by atoms with Crippen molar-refractivity contribution in [3.63, 3.8) is 0 Å². The average Bonchev–Trinajstić information content (AvgIpc) is 3.18. The molecule has 1 N–H and O–H groups in total. The minimum absolute atomic E-state index is 0.134. The molecule has 0 spiro atoms. The third-order valence-electron chi connectivity index (χ3n) is 4.49. The first-order valence-electron chi connectivity index (χ1n) is 10.2. The highest BCUT2D eigenvalue weighted by Crippen LogP contribution is 2.28. The lowest BCUT2D eigenvalue weighted by Crippen LogP contribution is -2.15. The third-order valence-corrected chi connectivity index (χ3v) is 6.31. The summed E-state index contributed by atoms with van der Waals surface area (Å²) < 4.78 is 13.8. The molecule has 0 atom stereocenters. The second-order valence-electron chi connectivity index (χ2n) is 6.89. The number of methoxy groups -OCH3 is 1. The summed E-state index contributed by atoms with van der Waals surface area (Å²) in [5.41, 5.74) is 0.681. The number of anilines is 1. The standard InChI is InChI=1S/C23H24BrClN4O3S/c1-3-11-29-21(8-5-12-32-20-10-9-16(25)13-19(20)24)27-28-23(29)33-15-22(30)26-17-6-4-7-18(14-17)31-2/h3-4,6-7,9-10,13-14H,1,5,8,11-12,15H2,2H3,(H,26,30). The Morgan fingerprint density at radius 3 is 2.91 bits per heavy atom. The fraction of sp³-hybridized carbons (Fsp3) is 0.261. The molecular weight excluding hydrogens is 528 g/mol. The molecule has 10 heteroatoms. The van der Waals surface area contributed by atoms with E-state index in [4.69, 9.17) is 21.1 Å². The number of carbonyl (C=O) groups excluding carboxylic acids is 1. The van der Waals surface area contributed by atoms with E-state index in [0.29, 0.717) is 41.2 Å². The van der Waals surface area contributed by atoms with Gasteiger partial charge in [0.05, 0.1) is 23.9 Å². The summed E-state index contributed by atoms with van der Waals surface area (Å²) in [7, 11) is 1.59. The van der Waals surface area contributed by atoms with E-state index in [1.807, 2.05) is 28.8 Å². The molecule has 0 unspecified atom stereocenters. The number of carbonyl (C=O) groups is 1. The van der Waals surface area contributed by atoms with Crippen molar-refractivity contribution in [2.24, 2.45) is 0 Å². The first-order chi connectivity index (χ1) is 16.0. The van der Waals surface area contributed by atoms with Crippen LogP contribution in [0, 0.1) is 0 Å². The Bertz CT molecular complexity index is 1110. The van der Waals surface area contributed by atoms with E-state index in [2.05, 4.69) is 38.0 Å². The Morgan fingerprint density at radius 2 is 2.15 bits per heavy atom. The van der Waals surface area contributed by atoms with Gasteiger partial charge in [-0.05, 0) is 52.7 Å². The molecule has 1 heterocycles. The van der Waals surface area contributed by atoms with Crippen LogP contribution in [0.25, 0.3) is 0 Å². The van der Waals surface area contributed by atoms with Crippen LogP contribution in [-0.4, -0.2) is 40.1 Å². The van der Waals surface area contributed by atoms with E-state index in [9.17, 15) is 4.79 Å². The molecule has 0 saturated carbocycles. The molecule has 2 aromatic carbocycles. The van der Waals surface area contributed by atoms with E-state index in [-0.39, 0.29) is 11.7 Å². The topological polar surface area (TPSA) is 78.3 Å². The molecule has 0 aliphatic heterocycles. The number of hydrogen-bond donors (Lipinski definition) is 1. The molecule has 0 bridgehead atoms. The van der Waals surface area contributed by atoms with Gasteiger partial charge in [0.2, 0.25) is 5.91 Å². The van der Waals surface area contributed by atoms with Crippen LogP contribution in [0.5, 0.6) is 11.5 Å². The lowest BCUT2D eigenvalue weighted by molar-refractivity contribution is -0.113. The molecule has 33 heavy (non-hydrogen) atoms. The SMILES string of the molecule is C=CCn1c(CCCOc2ccc(Cl)cc2Br)nnc1SCC(=O)Nc1cccc(OC)c1. The molecule has 0 saturated heterocycles. The average molecular weight is 552 g/mol. The van der Waals surface area contributed by atoms with Crippen LogP contribution in [0.3, 0.4) is 0 Å². The largest absolute Gasteiger partial charge is 0.497 e. The van der Waals surface area contributed by atoms with Gasteiger partial charge in [0.25, 0.3) is 0 Å². The van der Waals surface area contributed by atoms with Crippen LogP contribution in [0.2, 0.25) is 5.02 Å². The highest BCUT2D eigenvalue weighted by molar-refractivity contribution is 9.10. The zero-order valence-corrected chi connectivity index (χ0v) is 21.3. The van der Waals surface area contributed by atoms with Crippen LogP contribution in [0.15, 0.2) is 64.7 Å². The Kier molecular flexibility index (Phi) is 9.65. The Balaban J connectivity index is 1.52. The highest BCUT2D eigenvalue weighted by Gasteiger charge is 2.14. The normalized spacial score (nSPS) is 10.6. The van der Waals surface area contributed by atoms with Crippen LogP contribution in [0.4, 0.5) is 5.69 Å². The van der Waals surface area contributed by atoms with E-state index >= 15 is 0 Å². The molecule has 3 aromatic rings. The number of amides is 1. The number of halogens is 2. The van der Waals surface area contributed by atoms with Gasteiger partial charge in [-0.1, -0.05) is 35.5 Å². The second kappa shape index (κ2) is 12.7. The summed E-state index contributed by atoms with van der Waals surface area (Å²) in [6.07, 6.45) is 3.22. The smallest absolute Gasteiger partial charge is 0.234 e. The number of ether oxygens (including phenoxy) is 2. The number of aryl methyl sites for hydroxylation is 1. The van der Waals surface area contributed by atoms with Crippen molar-refractivity contribution in [2.45, 2.75) is 24.5 Å². The maximum absolute atomic E-state index is 12.4. The molecule has 1 aromatic heterocycles. The molecule has 7 nitrogen and oxygen atoms in total. The zero-order chi connectivity index (χ0) is 23.6. The summed E-state index contributed by atoms with van der Waals surface area (Å²) in [5.74, 6) is 2.32. The second-order valence-corrected chi connectivity index (χ2v) is 9.13. The third kappa shape index (κ3) is 7.52. The minimum Gasteiger partial charge on any atom is -0.497 e. The van der Waals surface area contributed by atoms with Crippen molar-refractivity contribution in [3.8, 4) is 11.5 Å². The van der Waals surface area contributed by atoms with Crippen molar-refractivity contribution >= 4 is 50.9 Å².